The maximum absolute atomic E-state index is 3.52. The number of rotatable bonds is 3. The van der Waals surface area contributed by atoms with Crippen LogP contribution in [0.1, 0.15) is 31.9 Å². The molecule has 0 heterocycles. The molecule has 0 aliphatic rings. The second-order valence-electron chi connectivity index (χ2n) is 7.35. The van der Waals surface area contributed by atoms with E-state index < -0.39 is 0 Å². The van der Waals surface area contributed by atoms with E-state index >= 15 is 0 Å². The molecule has 0 aromatic heterocycles. The van der Waals surface area contributed by atoms with Gasteiger partial charge in [-0.15, -0.1) is 0 Å². The van der Waals surface area contributed by atoms with E-state index in [0.29, 0.717) is 0 Å². The topological polar surface area (TPSA) is 12.0 Å². The molecule has 0 bridgehead atoms. The Bertz CT molecular complexity index is 809. The lowest BCUT2D eigenvalue weighted by atomic mass is 9.87. The van der Waals surface area contributed by atoms with Crippen LogP contribution in [0, 0.1) is 6.92 Å². The molecule has 3 rings (SSSR count). The van der Waals surface area contributed by atoms with Crippen LogP contribution in [0.2, 0.25) is 0 Å². The van der Waals surface area contributed by atoms with Crippen LogP contribution in [-0.4, -0.2) is 0 Å². The van der Waals surface area contributed by atoms with Crippen LogP contribution in [0.25, 0.3) is 11.1 Å². The van der Waals surface area contributed by atoms with Gasteiger partial charge in [-0.1, -0.05) is 69.3 Å². The molecule has 0 unspecified atom stereocenters. The fourth-order valence-corrected chi connectivity index (χ4v) is 2.85. The van der Waals surface area contributed by atoms with Crippen molar-refractivity contribution >= 4 is 11.4 Å². The first kappa shape index (κ1) is 16.3. The molecule has 0 amide bonds. The third kappa shape index (κ3) is 3.68. The van der Waals surface area contributed by atoms with Gasteiger partial charge in [0.05, 0.1) is 0 Å². The van der Waals surface area contributed by atoms with Crippen molar-refractivity contribution in [3.63, 3.8) is 0 Å². The van der Waals surface area contributed by atoms with E-state index in [9.17, 15) is 0 Å². The van der Waals surface area contributed by atoms with Crippen molar-refractivity contribution in [3.05, 3.63) is 83.9 Å². The Labute approximate surface area is 145 Å². The van der Waals surface area contributed by atoms with E-state index in [1.54, 1.807) is 0 Å². The third-order valence-electron chi connectivity index (χ3n) is 4.36. The van der Waals surface area contributed by atoms with Crippen LogP contribution in [0.15, 0.2) is 72.8 Å². The molecule has 0 saturated carbocycles. The highest BCUT2D eigenvalue weighted by molar-refractivity contribution is 5.73. The van der Waals surface area contributed by atoms with E-state index in [2.05, 4.69) is 106 Å². The summed E-state index contributed by atoms with van der Waals surface area (Å²) in [6.45, 7) is 8.87. The molecule has 3 aromatic rings. The lowest BCUT2D eigenvalue weighted by Gasteiger charge is -2.19. The minimum atomic E-state index is 0.183. The second kappa shape index (κ2) is 6.52. The van der Waals surface area contributed by atoms with Crippen LogP contribution in [0.5, 0.6) is 0 Å². The minimum Gasteiger partial charge on any atom is -0.356 e. The summed E-state index contributed by atoms with van der Waals surface area (Å²) < 4.78 is 0. The molecule has 0 radical (unpaired) electrons. The smallest absolute Gasteiger partial charge is 0.0390 e. The molecule has 0 fully saturated rings. The molecule has 122 valence electrons. The van der Waals surface area contributed by atoms with Crippen LogP contribution in [0.3, 0.4) is 0 Å². The first-order valence-electron chi connectivity index (χ1n) is 8.47. The molecule has 1 heteroatoms. The molecule has 24 heavy (non-hydrogen) atoms. The zero-order valence-electron chi connectivity index (χ0n) is 14.9. The maximum Gasteiger partial charge on any atom is 0.0390 e. The number of aryl methyl sites for hydroxylation is 1. The molecule has 0 spiro atoms. The maximum atomic E-state index is 3.52. The Balaban J connectivity index is 1.86. The fraction of sp³-hybridized carbons (Fsp3) is 0.217. The number of anilines is 2. The Hall–Kier alpha value is -2.54. The summed E-state index contributed by atoms with van der Waals surface area (Å²) in [5, 5.41) is 3.52. The largest absolute Gasteiger partial charge is 0.356 e. The highest BCUT2D eigenvalue weighted by Gasteiger charge is 2.12. The first-order valence-corrected chi connectivity index (χ1v) is 8.47. The number of hydrogen-bond acceptors (Lipinski definition) is 1. The molecule has 1 N–H and O–H groups in total. The molecule has 0 atom stereocenters. The SMILES string of the molecule is Cc1ccc(Nc2ccc(C(C)(C)C)cc2)cc1-c1ccccc1. The summed E-state index contributed by atoms with van der Waals surface area (Å²) in [5.41, 5.74) is 7.57. The summed E-state index contributed by atoms with van der Waals surface area (Å²) in [7, 11) is 0. The van der Waals surface area contributed by atoms with Gasteiger partial charge in [0.25, 0.3) is 0 Å². The number of benzene rings is 3. The molecule has 0 aliphatic heterocycles. The summed E-state index contributed by atoms with van der Waals surface area (Å²) in [6, 6.07) is 25.8. The van der Waals surface area contributed by atoms with Gasteiger partial charge in [-0.3, -0.25) is 0 Å². The van der Waals surface area contributed by atoms with Crippen molar-refractivity contribution < 1.29 is 0 Å². The quantitative estimate of drug-likeness (QED) is 0.567. The predicted molar refractivity (Wildman–Crippen MR) is 105 cm³/mol. The van der Waals surface area contributed by atoms with Crippen molar-refractivity contribution in [2.75, 3.05) is 5.32 Å². The Morgan fingerprint density at radius 2 is 1.33 bits per heavy atom. The Morgan fingerprint density at radius 1 is 0.708 bits per heavy atom. The van der Waals surface area contributed by atoms with E-state index in [0.717, 1.165) is 11.4 Å². The van der Waals surface area contributed by atoms with Crippen LogP contribution in [-0.2, 0) is 5.41 Å². The lowest BCUT2D eigenvalue weighted by Crippen LogP contribution is -2.10. The van der Waals surface area contributed by atoms with Gasteiger partial charge in [-0.05, 0) is 58.9 Å². The van der Waals surface area contributed by atoms with Crippen LogP contribution < -0.4 is 5.32 Å². The van der Waals surface area contributed by atoms with Crippen LogP contribution in [0.4, 0.5) is 11.4 Å². The Kier molecular flexibility index (Phi) is 4.44. The molecule has 0 aliphatic carbocycles. The highest BCUT2D eigenvalue weighted by atomic mass is 14.9. The first-order chi connectivity index (χ1) is 11.4. The van der Waals surface area contributed by atoms with E-state index in [-0.39, 0.29) is 5.41 Å². The van der Waals surface area contributed by atoms with Crippen molar-refractivity contribution in [3.8, 4) is 11.1 Å². The number of nitrogens with one attached hydrogen (secondary N) is 1. The number of hydrogen-bond donors (Lipinski definition) is 1. The standard InChI is InChI=1S/C23H25N/c1-17-10-13-21(16-22(17)18-8-6-5-7-9-18)24-20-14-11-19(12-15-20)23(2,3)4/h5-16,24H,1-4H3. The van der Waals surface area contributed by atoms with Crippen molar-refractivity contribution in [2.45, 2.75) is 33.1 Å². The highest BCUT2D eigenvalue weighted by Crippen LogP contribution is 2.29. The normalized spacial score (nSPS) is 11.3. The predicted octanol–water partition coefficient (Wildman–Crippen LogP) is 6.70. The molecular formula is C23H25N. The van der Waals surface area contributed by atoms with Gasteiger partial charge < -0.3 is 5.32 Å². The Morgan fingerprint density at radius 3 is 1.96 bits per heavy atom. The van der Waals surface area contributed by atoms with Crippen molar-refractivity contribution in [1.29, 1.82) is 0 Å². The fourth-order valence-electron chi connectivity index (χ4n) is 2.85. The van der Waals surface area contributed by atoms with Gasteiger partial charge in [0.1, 0.15) is 0 Å². The average molecular weight is 315 g/mol. The monoisotopic (exact) mass is 315 g/mol. The zero-order chi connectivity index (χ0) is 17.2. The third-order valence-corrected chi connectivity index (χ3v) is 4.36. The minimum absolute atomic E-state index is 0.183. The summed E-state index contributed by atoms with van der Waals surface area (Å²) in [6.07, 6.45) is 0. The molecular weight excluding hydrogens is 290 g/mol. The van der Waals surface area contributed by atoms with Crippen LogP contribution >= 0.6 is 0 Å². The van der Waals surface area contributed by atoms with Gasteiger partial charge in [-0.2, -0.15) is 0 Å². The van der Waals surface area contributed by atoms with Gasteiger partial charge in [-0.25, -0.2) is 0 Å². The van der Waals surface area contributed by atoms with Gasteiger partial charge in [0, 0.05) is 11.4 Å². The molecule has 3 aromatic carbocycles. The zero-order valence-corrected chi connectivity index (χ0v) is 14.9. The van der Waals surface area contributed by atoms with E-state index in [4.69, 9.17) is 0 Å². The lowest BCUT2D eigenvalue weighted by molar-refractivity contribution is 0.590. The van der Waals surface area contributed by atoms with Gasteiger partial charge in [0.2, 0.25) is 0 Å². The van der Waals surface area contributed by atoms with Crippen molar-refractivity contribution in [1.82, 2.24) is 0 Å². The van der Waals surface area contributed by atoms with E-state index in [1.165, 1.54) is 22.3 Å². The second-order valence-corrected chi connectivity index (χ2v) is 7.35. The summed E-state index contributed by atoms with van der Waals surface area (Å²) in [4.78, 5) is 0. The molecule has 0 saturated heterocycles. The average Bonchev–Trinajstić information content (AvgIpc) is 2.57. The van der Waals surface area contributed by atoms with Gasteiger partial charge >= 0.3 is 0 Å². The van der Waals surface area contributed by atoms with Gasteiger partial charge in [0.15, 0.2) is 0 Å². The molecule has 1 nitrogen and oxygen atoms in total. The van der Waals surface area contributed by atoms with Crippen molar-refractivity contribution in [2.24, 2.45) is 0 Å². The summed E-state index contributed by atoms with van der Waals surface area (Å²) in [5.74, 6) is 0. The summed E-state index contributed by atoms with van der Waals surface area (Å²) >= 11 is 0. The van der Waals surface area contributed by atoms with E-state index in [1.807, 2.05) is 0 Å².